The second kappa shape index (κ2) is 8.68. The molecule has 9 nitrogen and oxygen atoms in total. The lowest BCUT2D eigenvalue weighted by molar-refractivity contribution is 0.251. The number of hydrogen-bond acceptors (Lipinski definition) is 7. The van der Waals surface area contributed by atoms with Crippen molar-refractivity contribution in [3.63, 3.8) is 0 Å². The minimum Gasteiger partial charge on any atom is -0.352 e. The van der Waals surface area contributed by atoms with Gasteiger partial charge >= 0.3 is 6.03 Å². The Labute approximate surface area is 167 Å². The molecule has 1 aromatic carbocycles. The van der Waals surface area contributed by atoms with Crippen LogP contribution in [-0.4, -0.2) is 42.0 Å². The third kappa shape index (κ3) is 5.41. The van der Waals surface area contributed by atoms with Gasteiger partial charge in [0.2, 0.25) is 17.2 Å². The number of nitrogens with one attached hydrogen (secondary N) is 2. The minimum atomic E-state index is -4.19. The van der Waals surface area contributed by atoms with Gasteiger partial charge in [0.1, 0.15) is 4.90 Å². The maximum Gasteiger partial charge on any atom is 0.338 e. The Morgan fingerprint density at radius 2 is 1.85 bits per heavy atom. The van der Waals surface area contributed by atoms with Crippen molar-refractivity contribution in [3.05, 3.63) is 34.6 Å². The predicted octanol–water partition coefficient (Wildman–Crippen LogP) is 2.92. The van der Waals surface area contributed by atoms with Gasteiger partial charge in [0.15, 0.2) is 0 Å². The maximum absolute atomic E-state index is 12.5. The average molecular weight is 433 g/mol. The van der Waals surface area contributed by atoms with Gasteiger partial charge < -0.3 is 5.32 Å². The first kappa shape index (κ1) is 21.1. The van der Waals surface area contributed by atoms with Gasteiger partial charge in [-0.1, -0.05) is 23.7 Å². The number of anilines is 2. The molecule has 0 bridgehead atoms. The molecular weight excluding hydrogens is 415 g/mol. The quantitative estimate of drug-likeness (QED) is 0.719. The molecule has 0 saturated carbocycles. The number of aromatic nitrogens is 3. The Balaban J connectivity index is 2.31. The molecule has 12 heteroatoms. The van der Waals surface area contributed by atoms with Crippen molar-refractivity contribution in [2.24, 2.45) is 0 Å². The molecule has 0 atom stereocenters. The molecule has 0 fully saturated rings. The molecule has 0 radical (unpaired) electrons. The van der Waals surface area contributed by atoms with Crippen LogP contribution >= 0.6 is 23.2 Å². The first-order valence-corrected chi connectivity index (χ1v) is 10.1. The van der Waals surface area contributed by atoms with Gasteiger partial charge in [0.25, 0.3) is 10.0 Å². The second-order valence-corrected chi connectivity index (χ2v) is 8.01. The molecule has 1 heterocycles. The first-order valence-electron chi connectivity index (χ1n) is 7.91. The number of benzene rings is 1. The monoisotopic (exact) mass is 432 g/mol. The number of amides is 2. The zero-order valence-electron chi connectivity index (χ0n) is 14.8. The van der Waals surface area contributed by atoms with Crippen LogP contribution in [0, 0.1) is 0 Å². The maximum atomic E-state index is 12.5. The molecule has 2 N–H and O–H groups in total. The third-order valence-electron chi connectivity index (χ3n) is 3.16. The molecule has 146 valence electrons. The number of halogens is 2. The summed E-state index contributed by atoms with van der Waals surface area (Å²) >= 11 is 11.8. The van der Waals surface area contributed by atoms with E-state index >= 15 is 0 Å². The Morgan fingerprint density at radius 1 is 1.19 bits per heavy atom. The van der Waals surface area contributed by atoms with Crippen LogP contribution in [0.5, 0.6) is 0 Å². The number of carbonyl (C=O) groups excluding carboxylic acids is 1. The topological polar surface area (TPSA) is 117 Å². The number of nitrogens with zero attached hydrogens (tertiary/aromatic N) is 4. The summed E-state index contributed by atoms with van der Waals surface area (Å²) in [6.07, 6.45) is 0. The molecule has 0 saturated heterocycles. The molecule has 2 aromatic rings. The molecule has 2 rings (SSSR count). The van der Waals surface area contributed by atoms with Crippen molar-refractivity contribution in [2.75, 3.05) is 16.8 Å². The smallest absolute Gasteiger partial charge is 0.338 e. The van der Waals surface area contributed by atoms with Crippen molar-refractivity contribution >= 4 is 51.2 Å². The largest absolute Gasteiger partial charge is 0.352 e. The van der Waals surface area contributed by atoms with Crippen molar-refractivity contribution in [1.82, 2.24) is 19.7 Å². The van der Waals surface area contributed by atoms with Crippen molar-refractivity contribution in [1.29, 1.82) is 0 Å². The van der Waals surface area contributed by atoms with Crippen LogP contribution in [0.2, 0.25) is 10.3 Å². The van der Waals surface area contributed by atoms with Crippen LogP contribution in [0.4, 0.5) is 16.7 Å². The van der Waals surface area contributed by atoms with Crippen LogP contribution in [-0.2, 0) is 10.0 Å². The van der Waals surface area contributed by atoms with Gasteiger partial charge in [0.05, 0.1) is 5.02 Å². The third-order valence-corrected chi connectivity index (χ3v) is 5.15. The molecule has 0 aliphatic carbocycles. The molecule has 0 spiro atoms. The fourth-order valence-electron chi connectivity index (χ4n) is 2.05. The number of sulfonamides is 1. The summed E-state index contributed by atoms with van der Waals surface area (Å²) in [5.41, 5.74) is 0. The predicted molar refractivity (Wildman–Crippen MR) is 104 cm³/mol. The van der Waals surface area contributed by atoms with Crippen LogP contribution in [0.25, 0.3) is 0 Å². The summed E-state index contributed by atoms with van der Waals surface area (Å²) in [6.45, 7) is 5.47. The normalized spacial score (nSPS) is 11.3. The number of rotatable bonds is 6. The summed E-state index contributed by atoms with van der Waals surface area (Å²) in [6, 6.07) is 4.85. The lowest BCUT2D eigenvalue weighted by atomic mass is 10.4. The highest BCUT2D eigenvalue weighted by Gasteiger charge is 2.26. The molecule has 27 heavy (non-hydrogen) atoms. The van der Waals surface area contributed by atoms with Gasteiger partial charge in [-0.15, -0.1) is 0 Å². The highest BCUT2D eigenvalue weighted by molar-refractivity contribution is 7.90. The highest BCUT2D eigenvalue weighted by atomic mass is 35.5. The van der Waals surface area contributed by atoms with Gasteiger partial charge in [-0.05, 0) is 44.5 Å². The van der Waals surface area contributed by atoms with E-state index in [-0.39, 0.29) is 39.7 Å². The fourth-order valence-corrected chi connectivity index (χ4v) is 3.68. The lowest BCUT2D eigenvalue weighted by Crippen LogP contribution is -2.43. The Bertz CT molecular complexity index is 939. The minimum absolute atomic E-state index is 0.00697. The molecule has 0 aliphatic rings. The number of hydrogen-bond donors (Lipinski definition) is 2. The van der Waals surface area contributed by atoms with Gasteiger partial charge in [-0.25, -0.2) is 17.9 Å². The number of carbonyl (C=O) groups is 1. The van der Waals surface area contributed by atoms with E-state index in [9.17, 15) is 13.2 Å². The Hall–Kier alpha value is -2.17. The fraction of sp³-hybridized carbons (Fsp3) is 0.333. The summed E-state index contributed by atoms with van der Waals surface area (Å²) in [5, 5.41) is 2.80. The first-order chi connectivity index (χ1) is 12.6. The summed E-state index contributed by atoms with van der Waals surface area (Å²) in [5.74, 6) is 0.0766. The second-order valence-electron chi connectivity index (χ2n) is 5.61. The van der Waals surface area contributed by atoms with Gasteiger partial charge in [-0.2, -0.15) is 15.0 Å². The standard InChI is InChI=1S/C15H18Cl2N6O3S/c1-4-23(14-20-12(17)19-13(21-14)18-9(2)3)15(24)22-27(25,26)11-8-6-5-7-10(11)16/h5-9H,4H2,1-3H3,(H,22,24)(H,18,19,20,21). The molecule has 2 amide bonds. The van der Waals surface area contributed by atoms with E-state index in [1.165, 1.54) is 18.2 Å². The SMILES string of the molecule is CCN(C(=O)NS(=O)(=O)c1ccccc1Cl)c1nc(Cl)nc(NC(C)C)n1. The van der Waals surface area contributed by atoms with E-state index in [2.05, 4.69) is 20.3 Å². The van der Waals surface area contributed by atoms with Gasteiger partial charge in [-0.3, -0.25) is 4.90 Å². The van der Waals surface area contributed by atoms with E-state index < -0.39 is 16.1 Å². The van der Waals surface area contributed by atoms with Crippen LogP contribution in [0.15, 0.2) is 29.2 Å². The molecular formula is C15H18Cl2N6O3S. The van der Waals surface area contributed by atoms with Crippen molar-refractivity contribution < 1.29 is 13.2 Å². The zero-order valence-corrected chi connectivity index (χ0v) is 17.1. The van der Waals surface area contributed by atoms with Crippen molar-refractivity contribution in [2.45, 2.75) is 31.7 Å². The molecule has 1 aromatic heterocycles. The lowest BCUT2D eigenvalue weighted by Gasteiger charge is -2.20. The van der Waals surface area contributed by atoms with Crippen molar-refractivity contribution in [3.8, 4) is 0 Å². The van der Waals surface area contributed by atoms with E-state index in [0.29, 0.717) is 0 Å². The number of urea groups is 1. The van der Waals surface area contributed by atoms with E-state index in [1.807, 2.05) is 18.6 Å². The van der Waals surface area contributed by atoms with Crippen LogP contribution < -0.4 is 14.9 Å². The summed E-state index contributed by atoms with van der Waals surface area (Å²) in [7, 11) is -4.19. The average Bonchev–Trinajstić information content (AvgIpc) is 2.54. The Kier molecular flexibility index (Phi) is 6.79. The van der Waals surface area contributed by atoms with E-state index in [4.69, 9.17) is 23.2 Å². The van der Waals surface area contributed by atoms with Crippen LogP contribution in [0.3, 0.4) is 0 Å². The summed E-state index contributed by atoms with van der Waals surface area (Å²) in [4.78, 5) is 25.3. The molecule has 0 unspecified atom stereocenters. The van der Waals surface area contributed by atoms with Gasteiger partial charge in [0, 0.05) is 12.6 Å². The summed E-state index contributed by atoms with van der Waals surface area (Å²) < 4.78 is 26.9. The van der Waals surface area contributed by atoms with E-state index in [0.717, 1.165) is 4.90 Å². The van der Waals surface area contributed by atoms with E-state index in [1.54, 1.807) is 13.0 Å². The highest BCUT2D eigenvalue weighted by Crippen LogP contribution is 2.21. The van der Waals surface area contributed by atoms with Crippen LogP contribution in [0.1, 0.15) is 20.8 Å². The zero-order chi connectivity index (χ0) is 20.2. The Morgan fingerprint density at radius 3 is 2.44 bits per heavy atom. The molecule has 0 aliphatic heterocycles.